The zero-order valence-electron chi connectivity index (χ0n) is 14.3. The van der Waals surface area contributed by atoms with E-state index in [-0.39, 0.29) is 5.91 Å². The molecule has 1 amide bonds. The van der Waals surface area contributed by atoms with Crippen molar-refractivity contribution in [3.63, 3.8) is 0 Å². The minimum atomic E-state index is -0.0987. The van der Waals surface area contributed by atoms with Crippen LogP contribution in [0.2, 0.25) is 0 Å². The molecule has 0 aliphatic carbocycles. The molecule has 0 saturated carbocycles. The molecular weight excluding hydrogens is 332 g/mol. The van der Waals surface area contributed by atoms with Crippen LogP contribution in [0, 0.1) is 6.92 Å². The zero-order chi connectivity index (χ0) is 17.6. The molecule has 2 aromatic heterocycles. The van der Waals surface area contributed by atoms with Gasteiger partial charge in [0, 0.05) is 42.4 Å². The Kier molecular flexibility index (Phi) is 5.40. The highest BCUT2D eigenvalue weighted by Gasteiger charge is 2.02. The molecule has 0 aliphatic rings. The van der Waals surface area contributed by atoms with E-state index < -0.39 is 0 Å². The quantitative estimate of drug-likeness (QED) is 0.693. The summed E-state index contributed by atoms with van der Waals surface area (Å²) in [7, 11) is 1.85. The highest BCUT2D eigenvalue weighted by molar-refractivity contribution is 7.09. The first kappa shape index (κ1) is 17.1. The molecule has 128 valence electrons. The maximum atomic E-state index is 11.8. The van der Waals surface area contributed by atoms with Gasteiger partial charge in [-0.1, -0.05) is 24.3 Å². The molecule has 1 aromatic carbocycles. The Morgan fingerprint density at radius 1 is 1.32 bits per heavy atom. The van der Waals surface area contributed by atoms with E-state index in [2.05, 4.69) is 45.0 Å². The minimum Gasteiger partial charge on any atom is -0.352 e. The normalized spacial score (nSPS) is 11.1. The molecule has 0 fully saturated rings. The molecule has 6 heteroatoms. The average Bonchev–Trinajstić information content (AvgIpc) is 3.22. The van der Waals surface area contributed by atoms with Crippen molar-refractivity contribution in [3.05, 3.63) is 64.2 Å². The molecule has 3 rings (SSSR count). The lowest BCUT2D eigenvalue weighted by Crippen LogP contribution is -2.23. The van der Waals surface area contributed by atoms with Crippen LogP contribution in [0.15, 0.2) is 48.1 Å². The van der Waals surface area contributed by atoms with Gasteiger partial charge in [0.1, 0.15) is 0 Å². The van der Waals surface area contributed by atoms with Crippen molar-refractivity contribution >= 4 is 23.3 Å². The van der Waals surface area contributed by atoms with Crippen molar-refractivity contribution in [2.75, 3.05) is 6.54 Å². The molecule has 1 N–H and O–H groups in total. The molecule has 0 unspecified atom stereocenters. The molecular formula is C19H20N4OS. The Balaban J connectivity index is 1.47. The summed E-state index contributed by atoms with van der Waals surface area (Å²) in [4.78, 5) is 16.3. The van der Waals surface area contributed by atoms with Gasteiger partial charge in [0.2, 0.25) is 5.91 Å². The molecule has 0 radical (unpaired) electrons. The Morgan fingerprint density at radius 2 is 2.12 bits per heavy atom. The summed E-state index contributed by atoms with van der Waals surface area (Å²) in [6.45, 7) is 2.61. The number of aromatic nitrogens is 3. The van der Waals surface area contributed by atoms with Crippen LogP contribution in [0.1, 0.15) is 16.1 Å². The molecule has 5 nitrogen and oxygen atoms in total. The number of carbonyl (C=O) groups is 1. The fraction of sp³-hybridized carbons (Fsp3) is 0.211. The van der Waals surface area contributed by atoms with E-state index in [0.717, 1.165) is 28.2 Å². The molecule has 0 aliphatic heterocycles. The number of aryl methyl sites for hydroxylation is 2. The third kappa shape index (κ3) is 4.87. The number of nitrogens with zero attached hydrogens (tertiary/aromatic N) is 3. The summed E-state index contributed by atoms with van der Waals surface area (Å²) in [5.41, 5.74) is 4.23. The van der Waals surface area contributed by atoms with Crippen molar-refractivity contribution < 1.29 is 4.79 Å². The Morgan fingerprint density at radius 3 is 2.76 bits per heavy atom. The van der Waals surface area contributed by atoms with E-state index in [9.17, 15) is 4.79 Å². The van der Waals surface area contributed by atoms with Crippen molar-refractivity contribution in [1.82, 2.24) is 20.1 Å². The van der Waals surface area contributed by atoms with Crippen LogP contribution in [-0.2, 0) is 18.3 Å². The lowest BCUT2D eigenvalue weighted by atomic mass is 10.1. The zero-order valence-corrected chi connectivity index (χ0v) is 15.1. The van der Waals surface area contributed by atoms with Crippen LogP contribution in [0.4, 0.5) is 0 Å². The monoisotopic (exact) mass is 352 g/mol. The van der Waals surface area contributed by atoms with Gasteiger partial charge in [0.05, 0.1) is 16.9 Å². The summed E-state index contributed by atoms with van der Waals surface area (Å²) in [6.07, 6.45) is 7.66. The number of hydrogen-bond acceptors (Lipinski definition) is 4. The molecule has 0 bridgehead atoms. The van der Waals surface area contributed by atoms with Crippen molar-refractivity contribution in [1.29, 1.82) is 0 Å². The van der Waals surface area contributed by atoms with Gasteiger partial charge in [0.15, 0.2) is 0 Å². The lowest BCUT2D eigenvalue weighted by molar-refractivity contribution is -0.116. The molecule has 2 heterocycles. The molecule has 25 heavy (non-hydrogen) atoms. The summed E-state index contributed by atoms with van der Waals surface area (Å²) < 4.78 is 1.70. The van der Waals surface area contributed by atoms with E-state index >= 15 is 0 Å². The van der Waals surface area contributed by atoms with Gasteiger partial charge in [-0.15, -0.1) is 11.3 Å². The van der Waals surface area contributed by atoms with Crippen molar-refractivity contribution in [2.24, 2.45) is 7.05 Å². The minimum absolute atomic E-state index is 0.0987. The summed E-state index contributed by atoms with van der Waals surface area (Å²) >= 11 is 1.65. The SMILES string of the molecule is Cc1nc(-c2ccc(CCNC(=O)/C=C/c3cnn(C)c3)cc2)cs1. The molecule has 0 spiro atoms. The number of benzene rings is 1. The van der Waals surface area contributed by atoms with E-state index in [0.29, 0.717) is 6.54 Å². The average molecular weight is 352 g/mol. The first-order valence-electron chi connectivity index (χ1n) is 8.06. The number of carbonyl (C=O) groups excluding carboxylic acids is 1. The Hall–Kier alpha value is -2.73. The highest BCUT2D eigenvalue weighted by atomic mass is 32.1. The number of nitrogens with one attached hydrogen (secondary N) is 1. The Labute approximate surface area is 151 Å². The smallest absolute Gasteiger partial charge is 0.244 e. The topological polar surface area (TPSA) is 59.8 Å². The van der Waals surface area contributed by atoms with Gasteiger partial charge in [-0.05, 0) is 25.0 Å². The molecule has 3 aromatic rings. The maximum Gasteiger partial charge on any atom is 0.244 e. The third-order valence-corrected chi connectivity index (χ3v) is 4.51. The first-order chi connectivity index (χ1) is 12.1. The number of thiazole rings is 1. The van der Waals surface area contributed by atoms with Crippen LogP contribution in [0.3, 0.4) is 0 Å². The van der Waals surface area contributed by atoms with Gasteiger partial charge >= 0.3 is 0 Å². The summed E-state index contributed by atoms with van der Waals surface area (Å²) in [5.74, 6) is -0.0987. The third-order valence-electron chi connectivity index (χ3n) is 3.73. The van der Waals surface area contributed by atoms with E-state index in [1.807, 2.05) is 20.2 Å². The second kappa shape index (κ2) is 7.90. The second-order valence-electron chi connectivity index (χ2n) is 5.77. The van der Waals surface area contributed by atoms with Crippen LogP contribution in [0.25, 0.3) is 17.3 Å². The second-order valence-corrected chi connectivity index (χ2v) is 6.83. The number of rotatable bonds is 6. The van der Waals surface area contributed by atoms with Crippen LogP contribution >= 0.6 is 11.3 Å². The standard InChI is InChI=1S/C19H20N4OS/c1-14-22-18(13-25-14)17-6-3-15(4-7-17)9-10-20-19(24)8-5-16-11-21-23(2)12-16/h3-8,11-13H,9-10H2,1-2H3,(H,20,24)/b8-5+. The highest BCUT2D eigenvalue weighted by Crippen LogP contribution is 2.21. The fourth-order valence-corrected chi connectivity index (χ4v) is 3.05. The van der Waals surface area contributed by atoms with Crippen molar-refractivity contribution in [2.45, 2.75) is 13.3 Å². The lowest BCUT2D eigenvalue weighted by Gasteiger charge is -2.04. The predicted molar refractivity (Wildman–Crippen MR) is 101 cm³/mol. The van der Waals surface area contributed by atoms with Crippen LogP contribution < -0.4 is 5.32 Å². The van der Waals surface area contributed by atoms with Crippen LogP contribution in [0.5, 0.6) is 0 Å². The van der Waals surface area contributed by atoms with E-state index in [1.165, 1.54) is 11.6 Å². The summed E-state index contributed by atoms with van der Waals surface area (Å²) in [5, 5.41) is 10.1. The molecule has 0 saturated heterocycles. The summed E-state index contributed by atoms with van der Waals surface area (Å²) in [6, 6.07) is 8.32. The van der Waals surface area contributed by atoms with Crippen molar-refractivity contribution in [3.8, 4) is 11.3 Å². The van der Waals surface area contributed by atoms with Gasteiger partial charge in [-0.2, -0.15) is 5.10 Å². The number of hydrogen-bond donors (Lipinski definition) is 1. The van der Waals surface area contributed by atoms with Gasteiger partial charge < -0.3 is 5.32 Å². The number of amides is 1. The van der Waals surface area contributed by atoms with Crippen LogP contribution in [-0.4, -0.2) is 27.2 Å². The fourth-order valence-electron chi connectivity index (χ4n) is 2.43. The largest absolute Gasteiger partial charge is 0.352 e. The predicted octanol–water partition coefficient (Wildman–Crippen LogP) is 3.22. The van der Waals surface area contributed by atoms with Gasteiger partial charge in [-0.3, -0.25) is 9.48 Å². The van der Waals surface area contributed by atoms with E-state index in [1.54, 1.807) is 28.3 Å². The van der Waals surface area contributed by atoms with Gasteiger partial charge in [-0.25, -0.2) is 4.98 Å². The molecule has 0 atom stereocenters. The first-order valence-corrected chi connectivity index (χ1v) is 8.94. The Bertz CT molecular complexity index is 877. The van der Waals surface area contributed by atoms with Gasteiger partial charge in [0.25, 0.3) is 0 Å². The maximum absolute atomic E-state index is 11.8. The van der Waals surface area contributed by atoms with E-state index in [4.69, 9.17) is 0 Å².